The lowest BCUT2D eigenvalue weighted by molar-refractivity contribution is -0.134. The highest BCUT2D eigenvalue weighted by Gasteiger charge is 2.16. The molecule has 1 N–H and O–H groups in total. The van der Waals surface area contributed by atoms with Gasteiger partial charge >= 0.3 is 0 Å². The Morgan fingerprint density at radius 2 is 1.52 bits per heavy atom. The van der Waals surface area contributed by atoms with Crippen LogP contribution in [0.1, 0.15) is 9.75 Å². The number of benzene rings is 1. The second kappa shape index (κ2) is 9.89. The number of hydrogen-bond donors (Lipinski definition) is 1. The zero-order valence-corrected chi connectivity index (χ0v) is 16.3. The monoisotopic (exact) mass is 400 g/mol. The van der Waals surface area contributed by atoms with E-state index in [1.165, 1.54) is 0 Å². The minimum absolute atomic E-state index is 0.0479. The van der Waals surface area contributed by atoms with Crippen molar-refractivity contribution in [3.8, 4) is 5.75 Å². The Bertz CT molecular complexity index is 797. The minimum atomic E-state index is -0.320. The summed E-state index contributed by atoms with van der Waals surface area (Å²) in [6.07, 6.45) is 0. The Morgan fingerprint density at radius 1 is 0.889 bits per heavy atom. The molecule has 0 atom stereocenters. The summed E-state index contributed by atoms with van der Waals surface area (Å²) >= 11 is 3.23. The summed E-state index contributed by atoms with van der Waals surface area (Å²) in [6.45, 7) is 0.899. The summed E-state index contributed by atoms with van der Waals surface area (Å²) < 4.78 is 5.40. The van der Waals surface area contributed by atoms with Gasteiger partial charge in [-0.15, -0.1) is 22.7 Å². The summed E-state index contributed by atoms with van der Waals surface area (Å²) in [7, 11) is 0. The number of carbonyl (C=O) groups excluding carboxylic acids is 2. The van der Waals surface area contributed by atoms with Crippen LogP contribution in [-0.2, 0) is 22.7 Å². The van der Waals surface area contributed by atoms with Gasteiger partial charge in [0.25, 0.3) is 5.91 Å². The van der Waals surface area contributed by atoms with Gasteiger partial charge in [0.15, 0.2) is 6.61 Å². The Labute approximate surface area is 166 Å². The van der Waals surface area contributed by atoms with Gasteiger partial charge < -0.3 is 15.0 Å². The summed E-state index contributed by atoms with van der Waals surface area (Å²) in [5.74, 6) is 0.181. The van der Waals surface area contributed by atoms with E-state index in [1.807, 2.05) is 53.2 Å². The molecule has 0 spiro atoms. The van der Waals surface area contributed by atoms with Crippen LogP contribution >= 0.6 is 22.7 Å². The fraction of sp³-hybridized carbons (Fsp3) is 0.200. The molecule has 1 aromatic carbocycles. The van der Waals surface area contributed by atoms with Crippen molar-refractivity contribution in [1.82, 2.24) is 10.2 Å². The fourth-order valence-electron chi connectivity index (χ4n) is 2.42. The smallest absolute Gasteiger partial charge is 0.258 e. The van der Waals surface area contributed by atoms with Crippen LogP contribution < -0.4 is 10.1 Å². The van der Waals surface area contributed by atoms with E-state index < -0.39 is 0 Å². The van der Waals surface area contributed by atoms with Gasteiger partial charge in [-0.3, -0.25) is 9.59 Å². The van der Waals surface area contributed by atoms with Crippen LogP contribution in [0.5, 0.6) is 5.75 Å². The maximum Gasteiger partial charge on any atom is 0.258 e. The number of nitrogens with zero attached hydrogens (tertiary/aromatic N) is 1. The molecule has 0 unspecified atom stereocenters. The van der Waals surface area contributed by atoms with Crippen molar-refractivity contribution in [1.29, 1.82) is 0 Å². The van der Waals surface area contributed by atoms with Crippen LogP contribution in [0.15, 0.2) is 65.4 Å². The van der Waals surface area contributed by atoms with E-state index >= 15 is 0 Å². The molecule has 0 fully saturated rings. The number of ether oxygens (including phenoxy) is 1. The van der Waals surface area contributed by atoms with Crippen LogP contribution in [0.3, 0.4) is 0 Å². The molecule has 0 aliphatic carbocycles. The van der Waals surface area contributed by atoms with E-state index in [2.05, 4.69) is 5.32 Å². The van der Waals surface area contributed by atoms with Crippen LogP contribution in [0.2, 0.25) is 0 Å². The van der Waals surface area contributed by atoms with Crippen molar-refractivity contribution < 1.29 is 14.3 Å². The number of nitrogens with one attached hydrogen (secondary N) is 1. The SMILES string of the molecule is O=C(COc1ccccc1)NCC(=O)N(Cc1cccs1)Cc1cccs1. The molecule has 27 heavy (non-hydrogen) atoms. The standard InChI is InChI=1S/C20H20N2O3S2/c23-19(15-25-16-6-2-1-3-7-16)21-12-20(24)22(13-17-8-4-10-26-17)14-18-9-5-11-27-18/h1-11H,12-15H2,(H,21,23). The predicted octanol–water partition coefficient (Wildman–Crippen LogP) is 3.53. The topological polar surface area (TPSA) is 58.6 Å². The lowest BCUT2D eigenvalue weighted by atomic mass is 10.3. The molecular weight excluding hydrogens is 380 g/mol. The van der Waals surface area contributed by atoms with Gasteiger partial charge in [0, 0.05) is 9.75 Å². The predicted molar refractivity (Wildman–Crippen MR) is 108 cm³/mol. The van der Waals surface area contributed by atoms with Crippen LogP contribution in [-0.4, -0.2) is 29.9 Å². The summed E-state index contributed by atoms with van der Waals surface area (Å²) in [4.78, 5) is 28.6. The van der Waals surface area contributed by atoms with E-state index in [0.29, 0.717) is 18.8 Å². The van der Waals surface area contributed by atoms with Crippen LogP contribution in [0.25, 0.3) is 0 Å². The second-order valence-corrected chi connectivity index (χ2v) is 7.85. The van der Waals surface area contributed by atoms with E-state index in [-0.39, 0.29) is 25.0 Å². The van der Waals surface area contributed by atoms with Gasteiger partial charge in [0.1, 0.15) is 5.75 Å². The number of amides is 2. The molecule has 0 bridgehead atoms. The lowest BCUT2D eigenvalue weighted by Crippen LogP contribution is -2.40. The average molecular weight is 401 g/mol. The first kappa shape index (κ1) is 19.1. The minimum Gasteiger partial charge on any atom is -0.484 e. The zero-order valence-electron chi connectivity index (χ0n) is 14.7. The number of para-hydroxylation sites is 1. The molecule has 2 heterocycles. The van der Waals surface area contributed by atoms with Gasteiger partial charge in [-0.05, 0) is 35.0 Å². The van der Waals surface area contributed by atoms with Gasteiger partial charge in [0.2, 0.25) is 5.91 Å². The third kappa shape index (κ3) is 6.23. The Morgan fingerprint density at radius 3 is 2.07 bits per heavy atom. The molecular formula is C20H20N2O3S2. The van der Waals surface area contributed by atoms with Crippen LogP contribution in [0, 0.1) is 0 Å². The first-order valence-electron chi connectivity index (χ1n) is 8.48. The molecule has 0 saturated carbocycles. The van der Waals surface area contributed by atoms with Gasteiger partial charge in [-0.2, -0.15) is 0 Å². The fourth-order valence-corrected chi connectivity index (χ4v) is 3.86. The number of carbonyl (C=O) groups is 2. The molecule has 0 saturated heterocycles. The molecule has 7 heteroatoms. The third-order valence-electron chi connectivity index (χ3n) is 3.76. The third-order valence-corrected chi connectivity index (χ3v) is 5.48. The van der Waals surface area contributed by atoms with E-state index in [4.69, 9.17) is 4.74 Å². The molecule has 5 nitrogen and oxygen atoms in total. The Kier molecular flexibility index (Phi) is 7.01. The van der Waals surface area contributed by atoms with Crippen molar-refractivity contribution >= 4 is 34.5 Å². The lowest BCUT2D eigenvalue weighted by Gasteiger charge is -2.22. The maximum atomic E-state index is 12.7. The second-order valence-electron chi connectivity index (χ2n) is 5.79. The number of rotatable bonds is 9. The molecule has 0 aliphatic heterocycles. The summed E-state index contributed by atoms with van der Waals surface area (Å²) in [6, 6.07) is 17.1. The number of hydrogen-bond acceptors (Lipinski definition) is 5. The average Bonchev–Trinajstić information content (AvgIpc) is 3.39. The van der Waals surface area contributed by atoms with Gasteiger partial charge in [0.05, 0.1) is 19.6 Å². The highest BCUT2D eigenvalue weighted by atomic mass is 32.1. The highest BCUT2D eigenvalue weighted by Crippen LogP contribution is 2.17. The maximum absolute atomic E-state index is 12.7. The van der Waals surface area contributed by atoms with E-state index in [1.54, 1.807) is 39.7 Å². The van der Waals surface area contributed by atoms with Gasteiger partial charge in [-0.25, -0.2) is 0 Å². The van der Waals surface area contributed by atoms with Crippen molar-refractivity contribution in [2.75, 3.05) is 13.2 Å². The number of thiophene rings is 2. The Balaban J connectivity index is 1.51. The van der Waals surface area contributed by atoms with Crippen molar-refractivity contribution in [2.45, 2.75) is 13.1 Å². The normalized spacial score (nSPS) is 10.4. The Hall–Kier alpha value is -2.64. The first-order chi connectivity index (χ1) is 13.2. The molecule has 0 radical (unpaired) electrons. The van der Waals surface area contributed by atoms with Crippen molar-refractivity contribution in [3.63, 3.8) is 0 Å². The molecule has 2 amide bonds. The van der Waals surface area contributed by atoms with Crippen molar-refractivity contribution in [3.05, 3.63) is 75.1 Å². The van der Waals surface area contributed by atoms with E-state index in [9.17, 15) is 9.59 Å². The summed E-state index contributed by atoms with van der Waals surface area (Å²) in [5, 5.41) is 6.63. The molecule has 0 aliphatic rings. The first-order valence-corrected chi connectivity index (χ1v) is 10.2. The molecule has 2 aromatic heterocycles. The van der Waals surface area contributed by atoms with E-state index in [0.717, 1.165) is 9.75 Å². The molecule has 140 valence electrons. The van der Waals surface area contributed by atoms with Crippen LogP contribution in [0.4, 0.5) is 0 Å². The summed E-state index contributed by atoms with van der Waals surface area (Å²) in [5.41, 5.74) is 0. The largest absolute Gasteiger partial charge is 0.484 e. The quantitative estimate of drug-likeness (QED) is 0.598. The highest BCUT2D eigenvalue weighted by molar-refractivity contribution is 7.10. The molecule has 3 aromatic rings. The zero-order chi connectivity index (χ0) is 18.9. The molecule has 3 rings (SSSR count). The van der Waals surface area contributed by atoms with Crippen molar-refractivity contribution in [2.24, 2.45) is 0 Å². The van der Waals surface area contributed by atoms with Gasteiger partial charge in [-0.1, -0.05) is 30.3 Å².